The zero-order valence-electron chi connectivity index (χ0n) is 42.5. The van der Waals surface area contributed by atoms with E-state index in [9.17, 15) is 19.8 Å². The number of amides is 1. The van der Waals surface area contributed by atoms with Crippen molar-refractivity contribution < 1.29 is 24.5 Å². The minimum atomic E-state index is -0.785. The van der Waals surface area contributed by atoms with Crippen LogP contribution in [0, 0.1) is 0 Å². The monoisotopic (exact) mass is 888 g/mol. The third kappa shape index (κ3) is 46.7. The molecule has 0 spiro atoms. The number of hydrogen-bond donors (Lipinski definition) is 3. The molecule has 3 N–H and O–H groups in total. The minimum Gasteiger partial charge on any atom is -0.462 e. The van der Waals surface area contributed by atoms with Crippen molar-refractivity contribution in [3.8, 4) is 0 Å². The van der Waals surface area contributed by atoms with Gasteiger partial charge >= 0.3 is 5.97 Å². The predicted molar refractivity (Wildman–Crippen MR) is 273 cm³/mol. The molecule has 63 heavy (non-hydrogen) atoms. The number of esters is 1. The molecule has 0 saturated heterocycles. The van der Waals surface area contributed by atoms with E-state index in [4.69, 9.17) is 4.74 Å². The van der Waals surface area contributed by atoms with Crippen LogP contribution in [0.1, 0.15) is 303 Å². The Morgan fingerprint density at radius 3 is 1.17 bits per heavy atom. The Labute approximate surface area is 392 Å². The second kappa shape index (κ2) is 51.3. The van der Waals surface area contributed by atoms with Crippen LogP contribution in [0.4, 0.5) is 0 Å². The highest BCUT2D eigenvalue weighted by Crippen LogP contribution is 2.19. The van der Waals surface area contributed by atoms with Crippen molar-refractivity contribution in [2.45, 2.75) is 322 Å². The molecule has 0 aliphatic heterocycles. The Balaban J connectivity index is 4.54. The molecule has 0 aliphatic rings. The van der Waals surface area contributed by atoms with Crippen molar-refractivity contribution in [3.05, 3.63) is 24.3 Å². The van der Waals surface area contributed by atoms with Crippen molar-refractivity contribution in [1.29, 1.82) is 0 Å². The van der Waals surface area contributed by atoms with Crippen LogP contribution in [0.2, 0.25) is 0 Å². The van der Waals surface area contributed by atoms with Gasteiger partial charge in [0.1, 0.15) is 6.10 Å². The number of aliphatic hydroxyl groups excluding tert-OH is 2. The number of nitrogens with one attached hydrogen (secondary N) is 1. The molecule has 0 rings (SSSR count). The molecule has 0 heterocycles. The Kier molecular flexibility index (Phi) is 50.0. The smallest absolute Gasteiger partial charge is 0.306 e. The van der Waals surface area contributed by atoms with Gasteiger partial charge in [-0.3, -0.25) is 9.59 Å². The van der Waals surface area contributed by atoms with Gasteiger partial charge in [0.2, 0.25) is 5.91 Å². The quantitative estimate of drug-likeness (QED) is 0.0321. The Hall–Kier alpha value is -1.66. The third-order valence-electron chi connectivity index (χ3n) is 13.1. The SMILES string of the molecule is CCCCCCCCC/C=C/C=C/CCCCCCCC(=O)OC(CCCCCCCCCCCCCCCCCC)CC(=O)NC(CO)C(O)CCCCCCCCCCCC. The van der Waals surface area contributed by atoms with Gasteiger partial charge in [0, 0.05) is 6.42 Å². The molecule has 1 amide bonds. The van der Waals surface area contributed by atoms with Gasteiger partial charge in [-0.2, -0.15) is 0 Å². The van der Waals surface area contributed by atoms with Crippen molar-refractivity contribution in [2.75, 3.05) is 6.61 Å². The van der Waals surface area contributed by atoms with Crippen LogP contribution in [0.25, 0.3) is 0 Å². The highest BCUT2D eigenvalue weighted by Gasteiger charge is 2.24. The van der Waals surface area contributed by atoms with Gasteiger partial charge in [-0.15, -0.1) is 0 Å². The van der Waals surface area contributed by atoms with Crippen LogP contribution in [0.15, 0.2) is 24.3 Å². The normalized spacial score (nSPS) is 13.3. The molecule has 6 nitrogen and oxygen atoms in total. The lowest BCUT2D eigenvalue weighted by atomic mass is 10.0. The van der Waals surface area contributed by atoms with E-state index in [2.05, 4.69) is 50.4 Å². The number of allylic oxidation sites excluding steroid dienone is 4. The lowest BCUT2D eigenvalue weighted by Gasteiger charge is -2.24. The molecule has 0 aliphatic carbocycles. The van der Waals surface area contributed by atoms with Crippen LogP contribution in [-0.4, -0.2) is 46.9 Å². The van der Waals surface area contributed by atoms with Crippen LogP contribution in [0.5, 0.6) is 0 Å². The molecular formula is C57H109NO5. The average Bonchev–Trinajstić information content (AvgIpc) is 3.28. The van der Waals surface area contributed by atoms with Gasteiger partial charge in [0.05, 0.1) is 25.2 Å². The first-order valence-corrected chi connectivity index (χ1v) is 28.1. The maximum atomic E-state index is 13.2. The maximum Gasteiger partial charge on any atom is 0.306 e. The number of hydrogen-bond acceptors (Lipinski definition) is 5. The molecule has 6 heteroatoms. The first kappa shape index (κ1) is 61.3. The topological polar surface area (TPSA) is 95.9 Å². The van der Waals surface area contributed by atoms with Gasteiger partial charge in [-0.05, 0) is 51.4 Å². The second-order valence-corrected chi connectivity index (χ2v) is 19.4. The molecule has 0 aromatic rings. The van der Waals surface area contributed by atoms with Crippen molar-refractivity contribution >= 4 is 11.9 Å². The summed E-state index contributed by atoms with van der Waals surface area (Å²) >= 11 is 0. The number of unbranched alkanes of at least 4 members (excludes halogenated alkanes) is 36. The van der Waals surface area contributed by atoms with E-state index >= 15 is 0 Å². The van der Waals surface area contributed by atoms with E-state index in [-0.39, 0.29) is 24.9 Å². The summed E-state index contributed by atoms with van der Waals surface area (Å²) in [5.41, 5.74) is 0. The maximum absolute atomic E-state index is 13.2. The standard InChI is InChI=1S/C57H109NO5/c1-4-7-10-13-16-19-22-24-26-28-29-31-33-35-38-41-44-47-50-57(62)63-53(48-45-42-39-36-34-32-30-27-25-23-20-17-14-11-8-5-2)51-56(61)58-54(52-59)55(60)49-46-43-40-37-21-18-15-12-9-6-3/h26,28-29,31,53-55,59-60H,4-25,27,30,32-52H2,1-3H3,(H,58,61)/b28-26+,31-29+. The summed E-state index contributed by atoms with van der Waals surface area (Å²) in [6, 6.07) is -0.699. The van der Waals surface area contributed by atoms with Crippen LogP contribution in [0.3, 0.4) is 0 Å². The summed E-state index contributed by atoms with van der Waals surface area (Å²) in [7, 11) is 0. The Morgan fingerprint density at radius 1 is 0.460 bits per heavy atom. The molecule has 0 bridgehead atoms. The molecular weight excluding hydrogens is 779 g/mol. The van der Waals surface area contributed by atoms with Crippen LogP contribution >= 0.6 is 0 Å². The summed E-state index contributed by atoms with van der Waals surface area (Å²) in [6.07, 6.45) is 59.6. The number of carbonyl (C=O) groups excluding carboxylic acids is 2. The van der Waals surface area contributed by atoms with E-state index in [0.29, 0.717) is 19.3 Å². The van der Waals surface area contributed by atoms with Crippen molar-refractivity contribution in [3.63, 3.8) is 0 Å². The molecule has 0 aromatic heterocycles. The van der Waals surface area contributed by atoms with Crippen molar-refractivity contribution in [1.82, 2.24) is 5.32 Å². The van der Waals surface area contributed by atoms with Gasteiger partial charge in [0.15, 0.2) is 0 Å². The first-order chi connectivity index (χ1) is 31.0. The number of ether oxygens (including phenoxy) is 1. The van der Waals surface area contributed by atoms with Gasteiger partial charge in [-0.25, -0.2) is 0 Å². The summed E-state index contributed by atoms with van der Waals surface area (Å²) in [4.78, 5) is 26.2. The van der Waals surface area contributed by atoms with Gasteiger partial charge < -0.3 is 20.3 Å². The van der Waals surface area contributed by atoms with Crippen LogP contribution in [-0.2, 0) is 14.3 Å². The molecule has 0 aromatic carbocycles. The zero-order chi connectivity index (χ0) is 45.9. The number of rotatable bonds is 51. The highest BCUT2D eigenvalue weighted by atomic mass is 16.5. The first-order valence-electron chi connectivity index (χ1n) is 28.1. The summed E-state index contributed by atoms with van der Waals surface area (Å²) in [6.45, 7) is 6.50. The third-order valence-corrected chi connectivity index (χ3v) is 13.1. The van der Waals surface area contributed by atoms with E-state index in [1.54, 1.807) is 0 Å². The Morgan fingerprint density at radius 2 is 0.794 bits per heavy atom. The largest absolute Gasteiger partial charge is 0.462 e. The summed E-state index contributed by atoms with van der Waals surface area (Å²) in [5.74, 6) is -0.474. The lowest BCUT2D eigenvalue weighted by Crippen LogP contribution is -2.46. The summed E-state index contributed by atoms with van der Waals surface area (Å²) < 4.78 is 5.95. The average molecular weight is 889 g/mol. The van der Waals surface area contributed by atoms with E-state index in [1.807, 2.05) is 0 Å². The highest BCUT2D eigenvalue weighted by molar-refractivity contribution is 5.77. The molecule has 0 fully saturated rings. The van der Waals surface area contributed by atoms with E-state index < -0.39 is 18.2 Å². The Bertz CT molecular complexity index is 997. The molecule has 0 saturated carbocycles. The molecule has 3 atom stereocenters. The van der Waals surface area contributed by atoms with E-state index in [1.165, 1.54) is 199 Å². The fraction of sp³-hybridized carbons (Fsp3) is 0.895. The number of carbonyl (C=O) groups is 2. The fourth-order valence-electron chi connectivity index (χ4n) is 8.78. The molecule has 372 valence electrons. The molecule has 0 radical (unpaired) electrons. The van der Waals surface area contributed by atoms with E-state index in [0.717, 1.165) is 57.8 Å². The minimum absolute atomic E-state index is 0.0772. The van der Waals surface area contributed by atoms with Crippen molar-refractivity contribution in [2.24, 2.45) is 0 Å². The predicted octanol–water partition coefficient (Wildman–Crippen LogP) is 17.1. The van der Waals surface area contributed by atoms with Gasteiger partial charge in [-0.1, -0.05) is 263 Å². The fourth-order valence-corrected chi connectivity index (χ4v) is 8.78. The summed E-state index contributed by atoms with van der Waals surface area (Å²) in [5, 5.41) is 23.8. The van der Waals surface area contributed by atoms with Gasteiger partial charge in [0.25, 0.3) is 0 Å². The molecule has 3 unspecified atom stereocenters. The van der Waals surface area contributed by atoms with Crippen LogP contribution < -0.4 is 5.32 Å². The lowest BCUT2D eigenvalue weighted by molar-refractivity contribution is -0.151. The number of aliphatic hydroxyl groups is 2. The zero-order valence-corrected chi connectivity index (χ0v) is 42.5. The second-order valence-electron chi connectivity index (χ2n) is 19.4.